The van der Waals surface area contributed by atoms with Crippen molar-refractivity contribution >= 4 is 23.2 Å². The lowest BCUT2D eigenvalue weighted by Crippen LogP contribution is -2.31. The first-order valence-electron chi connectivity index (χ1n) is 12.5. The smallest absolute Gasteiger partial charge is 0.0676 e. The lowest BCUT2D eigenvalue weighted by atomic mass is 9.65. The summed E-state index contributed by atoms with van der Waals surface area (Å²) in [7, 11) is 0. The Morgan fingerprint density at radius 3 is 2.21 bits per heavy atom. The van der Waals surface area contributed by atoms with Gasteiger partial charge in [0, 0.05) is 11.0 Å². The van der Waals surface area contributed by atoms with Crippen LogP contribution in [0.4, 0.5) is 0 Å². The molecule has 0 nitrogen and oxygen atoms in total. The predicted octanol–water partition coefficient (Wildman–Crippen LogP) is 10.3. The van der Waals surface area contributed by atoms with E-state index in [0.717, 1.165) is 31.2 Å². The zero-order valence-electron chi connectivity index (χ0n) is 21.8. The molecule has 0 aromatic heterocycles. The quantitative estimate of drug-likeness (QED) is 0.310. The number of hydrogen-bond acceptors (Lipinski definition) is 0. The van der Waals surface area contributed by atoms with Crippen molar-refractivity contribution < 1.29 is 0 Å². The van der Waals surface area contributed by atoms with Gasteiger partial charge in [-0.25, -0.2) is 0 Å². The summed E-state index contributed by atoms with van der Waals surface area (Å²) in [5.74, 6) is 0. The SMILES string of the molecule is C=CCCC(C)(C1=CC=CC1)c1c2c(c(Cl)c(Cl)c1C(C)(C)C)-c1ccc(C(C)(C)C)cc1C2. The van der Waals surface area contributed by atoms with Gasteiger partial charge in [-0.2, -0.15) is 0 Å². The molecule has 4 rings (SSSR count). The summed E-state index contributed by atoms with van der Waals surface area (Å²) in [6.45, 7) is 20.1. The molecule has 0 amide bonds. The van der Waals surface area contributed by atoms with Crippen molar-refractivity contribution in [1.82, 2.24) is 0 Å². The molecule has 0 saturated heterocycles. The maximum atomic E-state index is 7.20. The second kappa shape index (κ2) is 8.72. The van der Waals surface area contributed by atoms with Gasteiger partial charge in [0.05, 0.1) is 10.0 Å². The number of rotatable bonds is 5. The van der Waals surface area contributed by atoms with Gasteiger partial charge in [-0.3, -0.25) is 0 Å². The van der Waals surface area contributed by atoms with E-state index in [1.54, 1.807) is 0 Å². The van der Waals surface area contributed by atoms with Gasteiger partial charge in [-0.1, -0.05) is 120 Å². The maximum Gasteiger partial charge on any atom is 0.0676 e. The molecule has 1 atom stereocenters. The minimum absolute atomic E-state index is 0.101. The topological polar surface area (TPSA) is 0 Å². The highest BCUT2D eigenvalue weighted by molar-refractivity contribution is 6.44. The Kier molecular flexibility index (Phi) is 6.50. The van der Waals surface area contributed by atoms with Crippen LogP contribution in [-0.4, -0.2) is 0 Å². The van der Waals surface area contributed by atoms with Gasteiger partial charge in [-0.05, 0) is 69.9 Å². The van der Waals surface area contributed by atoms with Gasteiger partial charge in [0.25, 0.3) is 0 Å². The first-order chi connectivity index (χ1) is 15.8. The van der Waals surface area contributed by atoms with E-state index in [-0.39, 0.29) is 16.2 Å². The number of allylic oxidation sites excluding steroid dienone is 5. The van der Waals surface area contributed by atoms with Crippen molar-refractivity contribution in [3.63, 3.8) is 0 Å². The lowest BCUT2D eigenvalue weighted by Gasteiger charge is -2.40. The van der Waals surface area contributed by atoms with Gasteiger partial charge in [0.1, 0.15) is 0 Å². The largest absolute Gasteiger partial charge is 0.103 e. The second-order valence-corrected chi connectivity index (χ2v) is 13.0. The molecule has 0 bridgehead atoms. The van der Waals surface area contributed by atoms with Gasteiger partial charge in [0.2, 0.25) is 0 Å². The van der Waals surface area contributed by atoms with Crippen LogP contribution < -0.4 is 0 Å². The van der Waals surface area contributed by atoms with Crippen LogP contribution in [0.3, 0.4) is 0 Å². The fourth-order valence-electron chi connectivity index (χ4n) is 5.84. The van der Waals surface area contributed by atoms with E-state index in [1.807, 2.05) is 6.08 Å². The highest BCUT2D eigenvalue weighted by Gasteiger charge is 2.42. The monoisotopic (exact) mass is 492 g/mol. The molecule has 0 spiro atoms. The number of hydrogen-bond donors (Lipinski definition) is 0. The maximum absolute atomic E-state index is 7.20. The number of fused-ring (bicyclic) bond motifs is 3. The van der Waals surface area contributed by atoms with Crippen molar-refractivity contribution in [2.75, 3.05) is 0 Å². The first-order valence-corrected chi connectivity index (χ1v) is 13.2. The molecular formula is C32H38Cl2. The Labute approximate surface area is 216 Å². The van der Waals surface area contributed by atoms with Gasteiger partial charge in [-0.15, -0.1) is 6.58 Å². The highest BCUT2D eigenvalue weighted by Crippen LogP contribution is 2.56. The summed E-state index contributed by atoms with van der Waals surface area (Å²) in [6, 6.07) is 6.91. The number of benzene rings is 2. The van der Waals surface area contributed by atoms with E-state index < -0.39 is 0 Å². The molecule has 2 aliphatic carbocycles. The van der Waals surface area contributed by atoms with Crippen LogP contribution in [0.2, 0.25) is 10.0 Å². The minimum atomic E-state index is -0.145. The molecule has 0 radical (unpaired) electrons. The predicted molar refractivity (Wildman–Crippen MR) is 151 cm³/mol. The average Bonchev–Trinajstić information content (AvgIpc) is 3.40. The van der Waals surface area contributed by atoms with Crippen LogP contribution in [-0.2, 0) is 22.7 Å². The minimum Gasteiger partial charge on any atom is -0.103 e. The van der Waals surface area contributed by atoms with Gasteiger partial charge < -0.3 is 0 Å². The van der Waals surface area contributed by atoms with Crippen LogP contribution in [0.1, 0.15) is 95.5 Å². The van der Waals surface area contributed by atoms with Crippen molar-refractivity contribution in [2.24, 2.45) is 0 Å². The van der Waals surface area contributed by atoms with E-state index in [9.17, 15) is 0 Å². The molecule has 1 unspecified atom stereocenters. The van der Waals surface area contributed by atoms with Gasteiger partial charge >= 0.3 is 0 Å². The fraction of sp³-hybridized carbons (Fsp3) is 0.438. The van der Waals surface area contributed by atoms with Crippen molar-refractivity contribution in [2.45, 2.75) is 90.4 Å². The van der Waals surface area contributed by atoms with Crippen molar-refractivity contribution in [1.29, 1.82) is 0 Å². The molecule has 180 valence electrons. The third-order valence-electron chi connectivity index (χ3n) is 7.72. The molecule has 2 aromatic rings. The summed E-state index contributed by atoms with van der Waals surface area (Å²) < 4.78 is 0. The number of halogens is 2. The van der Waals surface area contributed by atoms with Crippen LogP contribution in [0.25, 0.3) is 11.1 Å². The Balaban J connectivity index is 2.07. The Morgan fingerprint density at radius 1 is 0.941 bits per heavy atom. The molecule has 0 aliphatic heterocycles. The normalized spacial score (nSPS) is 16.8. The molecule has 2 aromatic carbocycles. The zero-order valence-corrected chi connectivity index (χ0v) is 23.3. The van der Waals surface area contributed by atoms with E-state index in [0.29, 0.717) is 10.0 Å². The summed E-state index contributed by atoms with van der Waals surface area (Å²) in [6.07, 6.45) is 12.6. The van der Waals surface area contributed by atoms with Gasteiger partial charge in [0.15, 0.2) is 0 Å². The molecule has 0 N–H and O–H groups in total. The average molecular weight is 494 g/mol. The van der Waals surface area contributed by atoms with Crippen LogP contribution in [0.5, 0.6) is 0 Å². The van der Waals surface area contributed by atoms with Crippen molar-refractivity contribution in [3.05, 3.63) is 92.5 Å². The Morgan fingerprint density at radius 2 is 1.65 bits per heavy atom. The molecule has 34 heavy (non-hydrogen) atoms. The van der Waals surface area contributed by atoms with Crippen molar-refractivity contribution in [3.8, 4) is 11.1 Å². The van der Waals surface area contributed by atoms with E-state index in [2.05, 4.69) is 91.5 Å². The Hall–Kier alpha value is -1.76. The fourth-order valence-corrected chi connectivity index (χ4v) is 6.63. The molecular weight excluding hydrogens is 455 g/mol. The Bertz CT molecular complexity index is 1210. The molecule has 2 aliphatic rings. The first kappa shape index (κ1) is 25.3. The van der Waals surface area contributed by atoms with E-state index >= 15 is 0 Å². The molecule has 0 fully saturated rings. The van der Waals surface area contributed by atoms with Crippen LogP contribution in [0, 0.1) is 0 Å². The van der Waals surface area contributed by atoms with Crippen LogP contribution >= 0.6 is 23.2 Å². The van der Waals surface area contributed by atoms with E-state index in [4.69, 9.17) is 23.2 Å². The summed E-state index contributed by atoms with van der Waals surface area (Å²) in [5.41, 5.74) is 10.3. The lowest BCUT2D eigenvalue weighted by molar-refractivity contribution is 0.479. The zero-order chi connectivity index (χ0) is 25.1. The molecule has 2 heteroatoms. The van der Waals surface area contributed by atoms with E-state index in [1.165, 1.54) is 39.0 Å². The second-order valence-electron chi connectivity index (χ2n) is 12.3. The van der Waals surface area contributed by atoms with Crippen LogP contribution in [0.15, 0.2) is 54.7 Å². The molecule has 0 heterocycles. The molecule has 0 saturated carbocycles. The standard InChI is InChI=1S/C32H38Cl2/c1-9-10-17-32(8,21-13-11-12-14-21)26-24-19-20-18-22(30(2,3)4)15-16-23(20)25(24)28(33)29(34)27(26)31(5,6)7/h9,11-13,15-16,18H,1,10,14,17,19H2,2-8H3. The third kappa shape index (κ3) is 4.12. The summed E-state index contributed by atoms with van der Waals surface area (Å²) >= 11 is 14.3. The summed E-state index contributed by atoms with van der Waals surface area (Å²) in [4.78, 5) is 0. The highest BCUT2D eigenvalue weighted by atomic mass is 35.5. The summed E-state index contributed by atoms with van der Waals surface area (Å²) in [5, 5.41) is 1.42. The third-order valence-corrected chi connectivity index (χ3v) is 8.58.